The lowest BCUT2D eigenvalue weighted by Gasteiger charge is -2.33. The van der Waals surface area contributed by atoms with E-state index in [2.05, 4.69) is 29.6 Å². The number of rotatable bonds is 13. The second kappa shape index (κ2) is 14.7. The lowest BCUT2D eigenvalue weighted by atomic mass is 9.87. The summed E-state index contributed by atoms with van der Waals surface area (Å²) in [5.41, 5.74) is 4.05. The number of carbonyl (C=O) groups is 2. The average molecular weight is 535 g/mol. The van der Waals surface area contributed by atoms with Crippen molar-refractivity contribution in [1.29, 1.82) is 0 Å². The van der Waals surface area contributed by atoms with Crippen LogP contribution in [0.4, 0.5) is 0 Å². The third-order valence-corrected chi connectivity index (χ3v) is 7.09. The third-order valence-electron chi connectivity index (χ3n) is 7.09. The predicted octanol–water partition coefficient (Wildman–Crippen LogP) is 6.38. The molecule has 2 amide bonds. The first-order valence-electron chi connectivity index (χ1n) is 13.9. The molecule has 0 aromatic heterocycles. The van der Waals surface area contributed by atoms with Crippen LogP contribution in [0.3, 0.4) is 0 Å². The molecule has 0 bridgehead atoms. The maximum atomic E-state index is 14.4. The SMILES string of the molecule is CCCNC(=O)C(Cc1ccccc1)N(Cc1cccc(OC)c1)C(=O)CC(c1ccccc1)c1ccccc1. The van der Waals surface area contributed by atoms with Crippen LogP contribution in [0.2, 0.25) is 0 Å². The summed E-state index contributed by atoms with van der Waals surface area (Å²) in [5, 5.41) is 3.06. The van der Waals surface area contributed by atoms with Crippen LogP contribution in [-0.2, 0) is 22.6 Å². The van der Waals surface area contributed by atoms with Gasteiger partial charge < -0.3 is 15.0 Å². The molecule has 0 saturated carbocycles. The van der Waals surface area contributed by atoms with Crippen molar-refractivity contribution < 1.29 is 14.3 Å². The van der Waals surface area contributed by atoms with Crippen molar-refractivity contribution >= 4 is 11.8 Å². The second-order valence-corrected chi connectivity index (χ2v) is 9.95. The Morgan fingerprint density at radius 2 is 1.35 bits per heavy atom. The van der Waals surface area contributed by atoms with Crippen molar-refractivity contribution in [2.75, 3.05) is 13.7 Å². The van der Waals surface area contributed by atoms with E-state index in [4.69, 9.17) is 4.74 Å². The highest BCUT2D eigenvalue weighted by molar-refractivity contribution is 5.88. The molecule has 0 fully saturated rings. The van der Waals surface area contributed by atoms with Crippen LogP contribution in [-0.4, -0.2) is 36.4 Å². The van der Waals surface area contributed by atoms with E-state index in [1.807, 2.05) is 97.9 Å². The normalized spacial score (nSPS) is 11.6. The summed E-state index contributed by atoms with van der Waals surface area (Å²) >= 11 is 0. The number of methoxy groups -OCH3 is 1. The molecule has 0 spiro atoms. The van der Waals surface area contributed by atoms with Crippen LogP contribution in [0, 0.1) is 0 Å². The fourth-order valence-electron chi connectivity index (χ4n) is 4.98. The lowest BCUT2D eigenvalue weighted by Crippen LogP contribution is -2.50. The van der Waals surface area contributed by atoms with E-state index >= 15 is 0 Å². The van der Waals surface area contributed by atoms with Crippen molar-refractivity contribution in [3.63, 3.8) is 0 Å². The predicted molar refractivity (Wildman–Crippen MR) is 160 cm³/mol. The van der Waals surface area contributed by atoms with E-state index in [1.54, 1.807) is 12.0 Å². The minimum atomic E-state index is -0.667. The third kappa shape index (κ3) is 7.82. The molecule has 1 N–H and O–H groups in total. The van der Waals surface area contributed by atoms with E-state index in [1.165, 1.54) is 0 Å². The van der Waals surface area contributed by atoms with Gasteiger partial charge in [-0.2, -0.15) is 0 Å². The number of ether oxygens (including phenoxy) is 1. The van der Waals surface area contributed by atoms with Gasteiger partial charge in [0.05, 0.1) is 7.11 Å². The van der Waals surface area contributed by atoms with Crippen LogP contribution in [0.15, 0.2) is 115 Å². The van der Waals surface area contributed by atoms with E-state index in [0.29, 0.717) is 25.3 Å². The zero-order chi connectivity index (χ0) is 28.2. The van der Waals surface area contributed by atoms with Gasteiger partial charge in [-0.25, -0.2) is 0 Å². The molecule has 0 heterocycles. The fraction of sp³-hybridized carbons (Fsp3) is 0.257. The summed E-state index contributed by atoms with van der Waals surface area (Å²) in [6, 6.07) is 37.1. The quantitative estimate of drug-likeness (QED) is 0.216. The summed E-state index contributed by atoms with van der Waals surface area (Å²) in [5.74, 6) is 0.358. The number of amides is 2. The standard InChI is InChI=1S/C35H38N2O3/c1-3-22-36-35(39)33(24-27-14-7-4-8-15-27)37(26-28-16-13-21-31(23-28)40-2)34(38)25-32(29-17-9-5-10-18-29)30-19-11-6-12-20-30/h4-21,23,32-33H,3,22,24-26H2,1-2H3,(H,36,39). The fourth-order valence-corrected chi connectivity index (χ4v) is 4.98. The van der Waals surface area contributed by atoms with E-state index in [0.717, 1.165) is 28.7 Å². The summed E-state index contributed by atoms with van der Waals surface area (Å²) in [6.07, 6.45) is 1.48. The smallest absolute Gasteiger partial charge is 0.243 e. The molecule has 0 aliphatic heterocycles. The van der Waals surface area contributed by atoms with Crippen LogP contribution in [0.5, 0.6) is 5.75 Å². The first-order chi connectivity index (χ1) is 19.6. The zero-order valence-corrected chi connectivity index (χ0v) is 23.3. The monoisotopic (exact) mass is 534 g/mol. The van der Waals surface area contributed by atoms with E-state index in [-0.39, 0.29) is 24.2 Å². The van der Waals surface area contributed by atoms with Gasteiger partial charge in [0.2, 0.25) is 11.8 Å². The largest absolute Gasteiger partial charge is 0.497 e. The van der Waals surface area contributed by atoms with Crippen molar-refractivity contribution in [3.8, 4) is 5.75 Å². The molecule has 1 atom stereocenters. The Labute approximate surface area is 237 Å². The Hall–Kier alpha value is -4.38. The van der Waals surface area contributed by atoms with Gasteiger partial charge in [0.25, 0.3) is 0 Å². The summed E-state index contributed by atoms with van der Waals surface area (Å²) < 4.78 is 5.45. The number of carbonyl (C=O) groups excluding carboxylic acids is 2. The van der Waals surface area contributed by atoms with E-state index in [9.17, 15) is 9.59 Å². The van der Waals surface area contributed by atoms with Crippen molar-refractivity contribution in [1.82, 2.24) is 10.2 Å². The maximum Gasteiger partial charge on any atom is 0.243 e. The number of hydrogen-bond donors (Lipinski definition) is 1. The van der Waals surface area contributed by atoms with Crippen LogP contribution in [0.25, 0.3) is 0 Å². The molecule has 4 rings (SSSR count). The number of hydrogen-bond acceptors (Lipinski definition) is 3. The molecular formula is C35H38N2O3. The molecule has 0 saturated heterocycles. The Bertz CT molecular complexity index is 1300. The molecule has 4 aromatic carbocycles. The van der Waals surface area contributed by atoms with Gasteiger partial charge in [0, 0.05) is 31.8 Å². The van der Waals surface area contributed by atoms with E-state index < -0.39 is 6.04 Å². The Kier molecular flexibility index (Phi) is 10.5. The number of nitrogens with zero attached hydrogens (tertiary/aromatic N) is 1. The number of benzene rings is 4. The Morgan fingerprint density at radius 3 is 1.93 bits per heavy atom. The highest BCUT2D eigenvalue weighted by Crippen LogP contribution is 2.30. The first-order valence-corrected chi connectivity index (χ1v) is 13.9. The molecule has 4 aromatic rings. The topological polar surface area (TPSA) is 58.6 Å². The van der Waals surface area contributed by atoms with Crippen molar-refractivity contribution in [3.05, 3.63) is 138 Å². The molecule has 0 aliphatic carbocycles. The van der Waals surface area contributed by atoms with Gasteiger partial charge in [-0.3, -0.25) is 9.59 Å². The Morgan fingerprint density at radius 1 is 0.775 bits per heavy atom. The molecule has 206 valence electrons. The summed E-state index contributed by atoms with van der Waals surface area (Å²) in [7, 11) is 1.63. The summed E-state index contributed by atoms with van der Waals surface area (Å²) in [4.78, 5) is 29.8. The molecular weight excluding hydrogens is 496 g/mol. The van der Waals surface area contributed by atoms with Gasteiger partial charge in [0.1, 0.15) is 11.8 Å². The van der Waals surface area contributed by atoms with Gasteiger partial charge >= 0.3 is 0 Å². The van der Waals surface area contributed by atoms with Gasteiger partial charge in [-0.15, -0.1) is 0 Å². The minimum absolute atomic E-state index is 0.0758. The minimum Gasteiger partial charge on any atom is -0.497 e. The van der Waals surface area contributed by atoms with Crippen LogP contribution in [0.1, 0.15) is 47.9 Å². The first kappa shape index (κ1) is 28.6. The molecule has 5 nitrogen and oxygen atoms in total. The second-order valence-electron chi connectivity index (χ2n) is 9.95. The van der Waals surface area contributed by atoms with Gasteiger partial charge in [0.15, 0.2) is 0 Å². The molecule has 0 aliphatic rings. The van der Waals surface area contributed by atoms with Crippen molar-refractivity contribution in [2.24, 2.45) is 0 Å². The summed E-state index contributed by atoms with van der Waals surface area (Å²) in [6.45, 7) is 2.88. The molecule has 1 unspecified atom stereocenters. The van der Waals surface area contributed by atoms with Gasteiger partial charge in [-0.05, 0) is 40.8 Å². The van der Waals surface area contributed by atoms with Crippen LogP contribution < -0.4 is 10.1 Å². The zero-order valence-electron chi connectivity index (χ0n) is 23.3. The number of nitrogens with one attached hydrogen (secondary N) is 1. The molecule has 40 heavy (non-hydrogen) atoms. The highest BCUT2D eigenvalue weighted by Gasteiger charge is 2.32. The highest BCUT2D eigenvalue weighted by atomic mass is 16.5. The van der Waals surface area contributed by atoms with Gasteiger partial charge in [-0.1, -0.05) is 110 Å². The maximum absolute atomic E-state index is 14.4. The average Bonchev–Trinajstić information content (AvgIpc) is 3.01. The molecule has 5 heteroatoms. The molecule has 0 radical (unpaired) electrons. The Balaban J connectivity index is 1.73. The lowest BCUT2D eigenvalue weighted by molar-refractivity contribution is -0.141. The van der Waals surface area contributed by atoms with Crippen molar-refractivity contribution in [2.45, 2.75) is 44.7 Å². The van der Waals surface area contributed by atoms with Crippen LogP contribution >= 0.6 is 0 Å².